The van der Waals surface area contributed by atoms with Gasteiger partial charge in [0.15, 0.2) is 34.9 Å². The van der Waals surface area contributed by atoms with Crippen LogP contribution < -0.4 is 0 Å². The van der Waals surface area contributed by atoms with Crippen molar-refractivity contribution in [2.75, 3.05) is 0 Å². The zero-order valence-corrected chi connectivity index (χ0v) is 45.3. The minimum atomic E-state index is 0.641. The number of nitrogens with zero attached hydrogens (tertiary/aromatic N) is 9. The third-order valence-corrected chi connectivity index (χ3v) is 16.6. The van der Waals surface area contributed by atoms with Gasteiger partial charge in [0, 0.05) is 55.9 Å². The average Bonchev–Trinajstić information content (AvgIpc) is 4.40. The molecular weight excluding hydrogens is 1040 g/mol. The van der Waals surface area contributed by atoms with Gasteiger partial charge in [-0.1, -0.05) is 212 Å². The topological polar surface area (TPSA) is 116 Å². The van der Waals surface area contributed by atoms with E-state index in [1.54, 1.807) is 28.9 Å². The number of fused-ring (bicyclic) bond motifs is 9. The lowest BCUT2D eigenvalue weighted by molar-refractivity contribution is 1.07. The summed E-state index contributed by atoms with van der Waals surface area (Å²) in [5.41, 5.74) is 9.75. The van der Waals surface area contributed by atoms with E-state index in [1.165, 1.54) is 31.8 Å². The van der Waals surface area contributed by atoms with Crippen molar-refractivity contribution in [3.8, 4) is 89.6 Å². The van der Waals surface area contributed by atoms with E-state index in [0.29, 0.717) is 34.9 Å². The Hall–Kier alpha value is -10.6. The lowest BCUT2D eigenvalue weighted by Crippen LogP contribution is -2.00. The smallest absolute Gasteiger partial charge is 0.164 e. The molecule has 82 heavy (non-hydrogen) atoms. The largest absolute Gasteiger partial charge is 0.254 e. The minimum absolute atomic E-state index is 0.641. The van der Waals surface area contributed by atoms with E-state index in [2.05, 4.69) is 120 Å². The fourth-order valence-corrected chi connectivity index (χ4v) is 12.5. The molecule has 0 saturated heterocycles. The molecule has 0 fully saturated rings. The number of pyridine rings is 1. The number of rotatable bonds is 8. The molecule has 0 unspecified atom stereocenters. The maximum atomic E-state index is 5.26. The molecule has 0 aliphatic heterocycles. The molecule has 11 heteroatoms. The van der Waals surface area contributed by atoms with Gasteiger partial charge in [-0.2, -0.15) is 0 Å². The summed E-state index contributed by atoms with van der Waals surface area (Å²) in [6, 6.07) is 87.0. The Kier molecular flexibility index (Phi) is 12.4. The Morgan fingerprint density at radius 1 is 0.244 bits per heavy atom. The molecular formula is C71H43N9S2. The van der Waals surface area contributed by atoms with Crippen LogP contribution in [0.4, 0.5) is 0 Å². The molecule has 0 aliphatic rings. The molecule has 11 aromatic carbocycles. The van der Waals surface area contributed by atoms with Gasteiger partial charge in [0.05, 0.1) is 26.1 Å². The quantitative estimate of drug-likeness (QED) is 0.137. The normalized spacial score (nSPS) is 11.4. The second-order valence-corrected chi connectivity index (χ2v) is 21.8. The summed E-state index contributed by atoms with van der Waals surface area (Å²) < 4.78 is 2.30. The van der Waals surface area contributed by atoms with Crippen LogP contribution in [-0.4, -0.2) is 44.9 Å². The fraction of sp³-hybridized carbons (Fsp3) is 0. The van der Waals surface area contributed by atoms with Crippen molar-refractivity contribution >= 4 is 86.2 Å². The molecule has 9 nitrogen and oxygen atoms in total. The van der Waals surface area contributed by atoms with Gasteiger partial charge in [0.1, 0.15) is 10.0 Å². The van der Waals surface area contributed by atoms with Crippen LogP contribution in [0, 0.1) is 0 Å². The van der Waals surface area contributed by atoms with Gasteiger partial charge in [-0.15, -0.1) is 22.7 Å². The first kappa shape index (κ1) is 48.5. The summed E-state index contributed by atoms with van der Waals surface area (Å²) in [7, 11) is 0. The van der Waals surface area contributed by atoms with Gasteiger partial charge in [-0.25, -0.2) is 39.9 Å². The average molecular weight is 1090 g/mol. The molecule has 384 valence electrons. The van der Waals surface area contributed by atoms with E-state index in [4.69, 9.17) is 39.9 Å². The summed E-state index contributed by atoms with van der Waals surface area (Å²) in [5.74, 6) is 3.90. The third kappa shape index (κ3) is 9.25. The van der Waals surface area contributed by atoms with Crippen LogP contribution in [0.1, 0.15) is 0 Å². The lowest BCUT2D eigenvalue weighted by atomic mass is 9.97. The first-order chi connectivity index (χ1) is 40.6. The summed E-state index contributed by atoms with van der Waals surface area (Å²) in [4.78, 5) is 43.9. The number of benzene rings is 11. The van der Waals surface area contributed by atoms with Crippen LogP contribution in [0.2, 0.25) is 0 Å². The molecule has 0 atom stereocenters. The first-order valence-electron chi connectivity index (χ1n) is 26.8. The maximum absolute atomic E-state index is 5.26. The number of thiazole rings is 2. The number of hydrogen-bond donors (Lipinski definition) is 0. The molecule has 16 aromatic rings. The Morgan fingerprint density at radius 3 is 1.11 bits per heavy atom. The highest BCUT2D eigenvalue weighted by Gasteiger charge is 2.19. The van der Waals surface area contributed by atoms with E-state index in [0.717, 1.165) is 86.4 Å². The highest BCUT2D eigenvalue weighted by atomic mass is 32.1. The van der Waals surface area contributed by atoms with E-state index in [9.17, 15) is 0 Å². The SMILES string of the molecule is c1ccc(-c2nc(-c3ccccc3)nc(-c3ccc4c(ccc5sc(-c6cc7ccccc7c7ccccc67)nc54)c3)n2)cc1.c1ccc(-c2nc(-c3ccccc3)nc(-c3ccc4c(ccc5sc(-c6ccccn6)nc54)c3)n2)cc1. The molecule has 0 spiro atoms. The second kappa shape index (κ2) is 20.9. The predicted molar refractivity (Wildman–Crippen MR) is 337 cm³/mol. The predicted octanol–water partition coefficient (Wildman–Crippen LogP) is 18.3. The fourth-order valence-electron chi connectivity index (χ4n) is 10.5. The van der Waals surface area contributed by atoms with Crippen molar-refractivity contribution < 1.29 is 0 Å². The van der Waals surface area contributed by atoms with E-state index in [-0.39, 0.29) is 0 Å². The van der Waals surface area contributed by atoms with Gasteiger partial charge in [-0.05, 0) is 74.8 Å². The number of aromatic nitrogens is 9. The molecule has 16 rings (SSSR count). The van der Waals surface area contributed by atoms with Crippen molar-refractivity contribution in [3.63, 3.8) is 0 Å². The molecule has 0 saturated carbocycles. The molecule has 5 aromatic heterocycles. The van der Waals surface area contributed by atoms with Crippen molar-refractivity contribution in [2.24, 2.45) is 0 Å². The zero-order valence-electron chi connectivity index (χ0n) is 43.7. The summed E-state index contributed by atoms with van der Waals surface area (Å²) in [6.07, 6.45) is 1.80. The second-order valence-electron chi connectivity index (χ2n) is 19.7. The number of hydrogen-bond acceptors (Lipinski definition) is 11. The Bertz CT molecular complexity index is 4920. The molecule has 0 amide bonds. The molecule has 0 bridgehead atoms. The van der Waals surface area contributed by atoms with Gasteiger partial charge in [0.25, 0.3) is 0 Å². The van der Waals surface area contributed by atoms with E-state index in [1.807, 2.05) is 140 Å². The maximum Gasteiger partial charge on any atom is 0.164 e. The van der Waals surface area contributed by atoms with Gasteiger partial charge >= 0.3 is 0 Å². The van der Waals surface area contributed by atoms with Gasteiger partial charge in [0.2, 0.25) is 0 Å². The zero-order chi connectivity index (χ0) is 54.3. The molecule has 0 aliphatic carbocycles. The summed E-state index contributed by atoms with van der Waals surface area (Å²) >= 11 is 3.40. The Labute approximate surface area is 478 Å². The van der Waals surface area contributed by atoms with Crippen LogP contribution in [-0.2, 0) is 0 Å². The van der Waals surface area contributed by atoms with Crippen molar-refractivity contribution in [3.05, 3.63) is 261 Å². The standard InChI is InChI=1S/C40H24N4S.C31H19N5S/c1-3-11-25(12-4-1)37-42-38(26-13-5-2-6-14-26)44-39(43-37)29-19-21-31-28(23-29)20-22-35-36(31)41-40(45-35)34-24-27-15-7-8-16-30(27)32-17-9-10-18-33(32)34;1-3-9-20(10-4-1)28-34-29(21-11-5-2-6-12-21)36-30(35-28)23-14-16-24-22(19-23)15-17-26-27(24)33-31(37-26)25-13-7-8-18-32-25/h1-24H;1-19H. The molecule has 0 radical (unpaired) electrons. The van der Waals surface area contributed by atoms with Crippen molar-refractivity contribution in [1.29, 1.82) is 0 Å². The lowest BCUT2D eigenvalue weighted by Gasteiger charge is -2.09. The minimum Gasteiger partial charge on any atom is -0.254 e. The Balaban J connectivity index is 0.000000143. The van der Waals surface area contributed by atoms with Crippen molar-refractivity contribution in [1.82, 2.24) is 44.9 Å². The highest BCUT2D eigenvalue weighted by Crippen LogP contribution is 2.41. The third-order valence-electron chi connectivity index (χ3n) is 14.5. The monoisotopic (exact) mass is 1090 g/mol. The Morgan fingerprint density at radius 2 is 0.634 bits per heavy atom. The van der Waals surface area contributed by atoms with Crippen LogP contribution in [0.5, 0.6) is 0 Å². The molecule has 5 heterocycles. The van der Waals surface area contributed by atoms with Crippen LogP contribution >= 0.6 is 22.7 Å². The molecule has 0 N–H and O–H groups in total. The summed E-state index contributed by atoms with van der Waals surface area (Å²) in [6.45, 7) is 0. The van der Waals surface area contributed by atoms with E-state index >= 15 is 0 Å². The van der Waals surface area contributed by atoms with Gasteiger partial charge < -0.3 is 0 Å². The summed E-state index contributed by atoms with van der Waals surface area (Å²) in [5, 5.41) is 11.3. The highest BCUT2D eigenvalue weighted by molar-refractivity contribution is 7.22. The first-order valence-corrected chi connectivity index (χ1v) is 28.5. The van der Waals surface area contributed by atoms with Crippen LogP contribution in [0.15, 0.2) is 261 Å². The van der Waals surface area contributed by atoms with E-state index < -0.39 is 0 Å². The van der Waals surface area contributed by atoms with Gasteiger partial charge in [-0.3, -0.25) is 4.98 Å². The van der Waals surface area contributed by atoms with Crippen LogP contribution in [0.3, 0.4) is 0 Å². The van der Waals surface area contributed by atoms with Crippen LogP contribution in [0.25, 0.3) is 153 Å². The van der Waals surface area contributed by atoms with Crippen molar-refractivity contribution in [2.45, 2.75) is 0 Å².